The second kappa shape index (κ2) is 9.35. The van der Waals surface area contributed by atoms with Gasteiger partial charge in [0.2, 0.25) is 0 Å². The topological polar surface area (TPSA) is 29.1 Å². The minimum Gasteiger partial charge on any atom is -0.349 e. The van der Waals surface area contributed by atoms with E-state index in [1.54, 1.807) is 0 Å². The Hall–Kier alpha value is -1.97. The monoisotopic (exact) mass is 533 g/mol. The van der Waals surface area contributed by atoms with Crippen molar-refractivity contribution in [3.8, 4) is 0 Å². The molecule has 1 aliphatic rings. The van der Waals surface area contributed by atoms with Gasteiger partial charge in [0, 0.05) is 11.6 Å². The number of halogens is 10. The predicted molar refractivity (Wildman–Crippen MR) is 111 cm³/mol. The molecular weight excluding hydrogens is 522 g/mol. The molecule has 0 saturated heterocycles. The zero-order valence-electron chi connectivity index (χ0n) is 16.2. The lowest BCUT2D eigenvalue weighted by Gasteiger charge is -2.19. The van der Waals surface area contributed by atoms with Crippen LogP contribution in [0.2, 0.25) is 15.1 Å². The van der Waals surface area contributed by atoms with E-state index in [9.17, 15) is 35.5 Å². The standard InChI is InChI=1S/C21H13Cl3F7NO/c22-15-6-10(7-16(23)18(15)24)13(20(26,27)28)8-17(25)9-1-4-12(14(5-9)21(29,30)31)19(33)32-11-2-3-11/h1,4-8,11,13H,2-3H2,(H,32,33). The average Bonchev–Trinajstić information content (AvgIpc) is 3.51. The Kier molecular flexibility index (Phi) is 7.27. The van der Waals surface area contributed by atoms with Crippen LogP contribution in [0, 0.1) is 0 Å². The Morgan fingerprint density at radius 2 is 1.58 bits per heavy atom. The van der Waals surface area contributed by atoms with Gasteiger partial charge in [-0.3, -0.25) is 4.79 Å². The van der Waals surface area contributed by atoms with Crippen LogP contribution in [-0.2, 0) is 6.18 Å². The van der Waals surface area contributed by atoms with Crippen molar-refractivity contribution in [1.29, 1.82) is 0 Å². The first-order valence-corrected chi connectivity index (χ1v) is 10.4. The molecule has 33 heavy (non-hydrogen) atoms. The number of carbonyl (C=O) groups excluding carboxylic acids is 1. The van der Waals surface area contributed by atoms with Crippen molar-refractivity contribution in [1.82, 2.24) is 5.32 Å². The van der Waals surface area contributed by atoms with Gasteiger partial charge in [0.15, 0.2) is 0 Å². The van der Waals surface area contributed by atoms with E-state index in [1.165, 1.54) is 0 Å². The smallest absolute Gasteiger partial charge is 0.349 e. The average molecular weight is 535 g/mol. The number of allylic oxidation sites excluding steroid dienone is 1. The van der Waals surface area contributed by atoms with Gasteiger partial charge in [-0.15, -0.1) is 0 Å². The van der Waals surface area contributed by atoms with E-state index >= 15 is 0 Å². The molecule has 1 N–H and O–H groups in total. The Balaban J connectivity index is 2.04. The molecule has 0 radical (unpaired) electrons. The molecule has 1 atom stereocenters. The molecule has 178 valence electrons. The maximum atomic E-state index is 14.8. The van der Waals surface area contributed by atoms with Gasteiger partial charge in [-0.05, 0) is 48.7 Å². The highest BCUT2D eigenvalue weighted by Gasteiger charge is 2.41. The number of amides is 1. The molecule has 2 aromatic rings. The van der Waals surface area contributed by atoms with Crippen molar-refractivity contribution in [2.45, 2.75) is 37.2 Å². The van der Waals surface area contributed by atoms with E-state index in [-0.39, 0.29) is 27.2 Å². The summed E-state index contributed by atoms with van der Waals surface area (Å²) in [6.45, 7) is 0. The zero-order valence-corrected chi connectivity index (χ0v) is 18.5. The van der Waals surface area contributed by atoms with Crippen molar-refractivity contribution in [2.24, 2.45) is 0 Å². The Bertz CT molecular complexity index is 1090. The molecule has 0 aliphatic heterocycles. The van der Waals surface area contributed by atoms with E-state index in [0.717, 1.165) is 24.3 Å². The third-order valence-corrected chi connectivity index (χ3v) is 5.99. The number of benzene rings is 2. The highest BCUT2D eigenvalue weighted by molar-refractivity contribution is 6.48. The van der Waals surface area contributed by atoms with Gasteiger partial charge >= 0.3 is 12.4 Å². The molecule has 0 bridgehead atoms. The van der Waals surface area contributed by atoms with Gasteiger partial charge in [-0.25, -0.2) is 4.39 Å². The van der Waals surface area contributed by atoms with Crippen molar-refractivity contribution >= 4 is 46.5 Å². The second-order valence-electron chi connectivity index (χ2n) is 7.34. The van der Waals surface area contributed by atoms with Crippen LogP contribution >= 0.6 is 34.8 Å². The quantitative estimate of drug-likeness (QED) is 0.304. The van der Waals surface area contributed by atoms with Gasteiger partial charge < -0.3 is 5.32 Å². The summed E-state index contributed by atoms with van der Waals surface area (Å²) in [5.74, 6) is -5.17. The van der Waals surface area contributed by atoms with Crippen molar-refractivity contribution in [3.63, 3.8) is 0 Å². The first-order chi connectivity index (χ1) is 15.2. The molecule has 1 amide bonds. The minimum absolute atomic E-state index is 0.106. The maximum absolute atomic E-state index is 14.8. The molecule has 0 aromatic heterocycles. The fraction of sp³-hybridized carbons (Fsp3) is 0.286. The van der Waals surface area contributed by atoms with Gasteiger partial charge in [-0.2, -0.15) is 26.3 Å². The van der Waals surface area contributed by atoms with Crippen molar-refractivity contribution < 1.29 is 35.5 Å². The van der Waals surface area contributed by atoms with Crippen LogP contribution in [0.25, 0.3) is 5.83 Å². The van der Waals surface area contributed by atoms with E-state index in [0.29, 0.717) is 18.9 Å². The third kappa shape index (κ3) is 6.13. The van der Waals surface area contributed by atoms with Gasteiger partial charge in [-0.1, -0.05) is 40.9 Å². The third-order valence-electron chi connectivity index (χ3n) is 4.79. The Morgan fingerprint density at radius 3 is 2.06 bits per heavy atom. The molecule has 1 fully saturated rings. The largest absolute Gasteiger partial charge is 0.417 e. The lowest BCUT2D eigenvalue weighted by Crippen LogP contribution is -2.28. The summed E-state index contributed by atoms with van der Waals surface area (Å²) in [7, 11) is 0. The fourth-order valence-electron chi connectivity index (χ4n) is 2.99. The highest BCUT2D eigenvalue weighted by atomic mass is 35.5. The number of carbonyl (C=O) groups is 1. The molecule has 3 rings (SSSR count). The summed E-state index contributed by atoms with van der Waals surface area (Å²) in [5, 5.41) is 1.56. The Labute approximate surface area is 198 Å². The van der Waals surface area contributed by atoms with Crippen LogP contribution in [0.1, 0.15) is 45.8 Å². The molecule has 1 saturated carbocycles. The maximum Gasteiger partial charge on any atom is 0.417 e. The normalized spacial score (nSPS) is 16.0. The molecule has 0 heterocycles. The van der Waals surface area contributed by atoms with Crippen LogP contribution in [0.15, 0.2) is 36.4 Å². The van der Waals surface area contributed by atoms with Crippen LogP contribution < -0.4 is 5.32 Å². The molecule has 2 aromatic carbocycles. The number of hydrogen-bond donors (Lipinski definition) is 1. The van der Waals surface area contributed by atoms with Gasteiger partial charge in [0.25, 0.3) is 5.91 Å². The lowest BCUT2D eigenvalue weighted by molar-refractivity contribution is -0.140. The minimum atomic E-state index is -5.05. The van der Waals surface area contributed by atoms with Crippen LogP contribution in [-0.4, -0.2) is 18.1 Å². The second-order valence-corrected chi connectivity index (χ2v) is 8.53. The summed E-state index contributed by atoms with van der Waals surface area (Å²) >= 11 is 17.3. The molecular formula is C21H13Cl3F7NO. The number of alkyl halides is 6. The summed E-state index contributed by atoms with van der Waals surface area (Å²) in [4.78, 5) is 12.1. The van der Waals surface area contributed by atoms with Crippen LogP contribution in [0.3, 0.4) is 0 Å². The number of hydrogen-bond acceptors (Lipinski definition) is 1. The summed E-state index contributed by atoms with van der Waals surface area (Å²) in [6, 6.07) is 3.26. The van der Waals surface area contributed by atoms with E-state index < -0.39 is 52.3 Å². The fourth-order valence-corrected chi connectivity index (χ4v) is 3.61. The first kappa shape index (κ1) is 25.6. The van der Waals surface area contributed by atoms with Crippen LogP contribution in [0.5, 0.6) is 0 Å². The van der Waals surface area contributed by atoms with Crippen LogP contribution in [0.4, 0.5) is 30.7 Å². The lowest BCUT2D eigenvalue weighted by atomic mass is 9.95. The van der Waals surface area contributed by atoms with Gasteiger partial charge in [0.05, 0.1) is 26.2 Å². The van der Waals surface area contributed by atoms with E-state index in [1.807, 2.05) is 0 Å². The summed E-state index contributed by atoms with van der Waals surface area (Å²) in [6.07, 6.45) is -8.72. The van der Waals surface area contributed by atoms with Crippen molar-refractivity contribution in [2.75, 3.05) is 0 Å². The van der Waals surface area contributed by atoms with E-state index in [4.69, 9.17) is 34.8 Å². The summed E-state index contributed by atoms with van der Waals surface area (Å²) in [5.41, 5.74) is -3.57. The molecule has 0 spiro atoms. The SMILES string of the molecule is O=C(NC1CC1)c1ccc(C(F)=CC(c2cc(Cl)c(Cl)c(Cl)c2)C(F)(F)F)cc1C(F)(F)F. The molecule has 12 heteroatoms. The first-order valence-electron chi connectivity index (χ1n) is 9.29. The van der Waals surface area contributed by atoms with E-state index in [2.05, 4.69) is 5.32 Å². The highest BCUT2D eigenvalue weighted by Crippen LogP contribution is 2.42. The summed E-state index contributed by atoms with van der Waals surface area (Å²) < 4.78 is 96.3. The number of rotatable bonds is 5. The Morgan fingerprint density at radius 1 is 1.00 bits per heavy atom. The predicted octanol–water partition coefficient (Wildman–Crippen LogP) is 8.21. The molecule has 2 nitrogen and oxygen atoms in total. The molecule has 1 unspecified atom stereocenters. The number of nitrogens with one attached hydrogen (secondary N) is 1. The molecule has 1 aliphatic carbocycles. The van der Waals surface area contributed by atoms with Crippen molar-refractivity contribution in [3.05, 3.63) is 73.7 Å². The zero-order chi connectivity index (χ0) is 24.7. The van der Waals surface area contributed by atoms with Gasteiger partial charge in [0.1, 0.15) is 11.7 Å².